The minimum atomic E-state index is -3.26. The Balaban J connectivity index is 1.57. The molecule has 0 radical (unpaired) electrons. The topological polar surface area (TPSA) is 79.6 Å². The molecule has 1 saturated heterocycles. The quantitative estimate of drug-likeness (QED) is 0.774. The minimum absolute atomic E-state index is 0.139. The third-order valence-corrected chi connectivity index (χ3v) is 6.25. The first kappa shape index (κ1) is 19.1. The van der Waals surface area contributed by atoms with Crippen LogP contribution in [0.4, 0.5) is 0 Å². The number of piperidine rings is 1. The van der Waals surface area contributed by atoms with Gasteiger partial charge in [0.1, 0.15) is 11.5 Å². The highest BCUT2D eigenvalue weighted by Crippen LogP contribution is 2.24. The molecule has 1 atom stereocenters. The average Bonchev–Trinajstić information content (AvgIpc) is 3.08. The van der Waals surface area contributed by atoms with Crippen molar-refractivity contribution < 1.29 is 17.6 Å². The van der Waals surface area contributed by atoms with E-state index < -0.39 is 10.0 Å². The molecule has 1 N–H and O–H groups in total. The Bertz CT molecular complexity index is 877. The Morgan fingerprint density at radius 1 is 1.27 bits per heavy atom. The van der Waals surface area contributed by atoms with Crippen LogP contribution < -0.4 is 5.32 Å². The summed E-state index contributed by atoms with van der Waals surface area (Å²) >= 11 is 3.40. The minimum Gasteiger partial charge on any atom is -0.459 e. The van der Waals surface area contributed by atoms with Gasteiger partial charge in [0.15, 0.2) is 0 Å². The van der Waals surface area contributed by atoms with Gasteiger partial charge in [0.2, 0.25) is 15.9 Å². The van der Waals surface area contributed by atoms with Crippen molar-refractivity contribution in [3.63, 3.8) is 0 Å². The second kappa shape index (κ2) is 7.94. The molecule has 1 aromatic heterocycles. The second-order valence-electron chi connectivity index (χ2n) is 6.45. The van der Waals surface area contributed by atoms with E-state index in [1.165, 1.54) is 10.6 Å². The van der Waals surface area contributed by atoms with Crippen LogP contribution in [0.3, 0.4) is 0 Å². The second-order valence-corrected chi connectivity index (χ2v) is 9.35. The molecule has 0 spiro atoms. The SMILES string of the molecule is CS(=O)(=O)N1CCCC(C(=O)NCc2ccc(-c3ccc(Br)cc3)o2)C1. The highest BCUT2D eigenvalue weighted by molar-refractivity contribution is 9.10. The van der Waals surface area contributed by atoms with Gasteiger partial charge < -0.3 is 9.73 Å². The Labute approximate surface area is 161 Å². The van der Waals surface area contributed by atoms with Crippen LogP contribution in [0.15, 0.2) is 45.3 Å². The largest absolute Gasteiger partial charge is 0.459 e. The normalized spacial score (nSPS) is 18.6. The smallest absolute Gasteiger partial charge is 0.224 e. The van der Waals surface area contributed by atoms with Crippen LogP contribution in [0.25, 0.3) is 11.3 Å². The Morgan fingerprint density at radius 3 is 2.69 bits per heavy atom. The molecule has 1 aliphatic rings. The van der Waals surface area contributed by atoms with Crippen LogP contribution in [-0.4, -0.2) is 38.0 Å². The molecule has 1 aliphatic heterocycles. The van der Waals surface area contributed by atoms with Crippen LogP contribution in [0.2, 0.25) is 0 Å². The number of benzene rings is 1. The molecule has 0 bridgehead atoms. The number of furan rings is 1. The average molecular weight is 441 g/mol. The number of amides is 1. The summed E-state index contributed by atoms with van der Waals surface area (Å²) in [5.41, 5.74) is 0.960. The molecule has 1 aromatic carbocycles. The first-order valence-corrected chi connectivity index (χ1v) is 11.0. The van der Waals surface area contributed by atoms with E-state index in [9.17, 15) is 13.2 Å². The summed E-state index contributed by atoms with van der Waals surface area (Å²) in [6.45, 7) is 1.01. The van der Waals surface area contributed by atoms with Crippen molar-refractivity contribution in [2.75, 3.05) is 19.3 Å². The molecular weight excluding hydrogens is 420 g/mol. The molecule has 2 aromatic rings. The number of carbonyl (C=O) groups is 1. The van der Waals surface area contributed by atoms with E-state index in [1.807, 2.05) is 36.4 Å². The van der Waals surface area contributed by atoms with E-state index in [4.69, 9.17) is 4.42 Å². The summed E-state index contributed by atoms with van der Waals surface area (Å²) < 4.78 is 31.5. The maximum absolute atomic E-state index is 12.4. The number of carbonyl (C=O) groups excluding carboxylic acids is 1. The standard InChI is InChI=1S/C18H21BrN2O4S/c1-26(23,24)21-10-2-3-14(12-21)18(22)20-11-16-8-9-17(25-16)13-4-6-15(19)7-5-13/h4-9,14H,2-3,10-12H2,1H3,(H,20,22). The predicted octanol–water partition coefficient (Wildman–Crippen LogP) is 3.00. The van der Waals surface area contributed by atoms with Gasteiger partial charge in [0, 0.05) is 23.1 Å². The lowest BCUT2D eigenvalue weighted by Crippen LogP contribution is -2.44. The van der Waals surface area contributed by atoms with Crippen LogP contribution >= 0.6 is 15.9 Å². The zero-order valence-electron chi connectivity index (χ0n) is 14.4. The Hall–Kier alpha value is -1.64. The van der Waals surface area contributed by atoms with Gasteiger partial charge in [-0.3, -0.25) is 4.79 Å². The van der Waals surface area contributed by atoms with Gasteiger partial charge in [0.25, 0.3) is 0 Å². The van der Waals surface area contributed by atoms with E-state index in [2.05, 4.69) is 21.2 Å². The fraction of sp³-hybridized carbons (Fsp3) is 0.389. The summed E-state index contributed by atoms with van der Waals surface area (Å²) in [7, 11) is -3.26. The molecule has 8 heteroatoms. The number of rotatable bonds is 5. The maximum atomic E-state index is 12.4. The van der Waals surface area contributed by atoms with E-state index in [0.29, 0.717) is 25.1 Å². The molecule has 2 heterocycles. The number of nitrogens with zero attached hydrogens (tertiary/aromatic N) is 1. The highest BCUT2D eigenvalue weighted by atomic mass is 79.9. The summed E-state index contributed by atoms with van der Waals surface area (Å²) in [6.07, 6.45) is 2.57. The monoisotopic (exact) mass is 440 g/mol. The van der Waals surface area contributed by atoms with Gasteiger partial charge >= 0.3 is 0 Å². The first-order chi connectivity index (χ1) is 12.3. The van der Waals surface area contributed by atoms with Crippen molar-refractivity contribution in [3.05, 3.63) is 46.6 Å². The van der Waals surface area contributed by atoms with Crippen molar-refractivity contribution in [2.24, 2.45) is 5.92 Å². The third-order valence-electron chi connectivity index (χ3n) is 4.45. The molecule has 140 valence electrons. The summed E-state index contributed by atoms with van der Waals surface area (Å²) in [6, 6.07) is 11.5. The van der Waals surface area contributed by atoms with Crippen LogP contribution in [0.5, 0.6) is 0 Å². The molecule has 0 aliphatic carbocycles. The summed E-state index contributed by atoms with van der Waals surface area (Å²) in [5, 5.41) is 2.85. The maximum Gasteiger partial charge on any atom is 0.224 e. The number of hydrogen-bond donors (Lipinski definition) is 1. The van der Waals surface area contributed by atoms with Crippen molar-refractivity contribution >= 4 is 31.9 Å². The molecule has 1 unspecified atom stereocenters. The number of sulfonamides is 1. The van der Waals surface area contributed by atoms with Crippen molar-refractivity contribution in [1.82, 2.24) is 9.62 Å². The highest BCUT2D eigenvalue weighted by Gasteiger charge is 2.30. The van der Waals surface area contributed by atoms with Gasteiger partial charge in [-0.25, -0.2) is 12.7 Å². The predicted molar refractivity (Wildman–Crippen MR) is 103 cm³/mol. The molecule has 26 heavy (non-hydrogen) atoms. The van der Waals surface area contributed by atoms with E-state index in [-0.39, 0.29) is 24.9 Å². The molecule has 0 saturated carbocycles. The van der Waals surface area contributed by atoms with E-state index in [0.717, 1.165) is 15.8 Å². The van der Waals surface area contributed by atoms with Crippen LogP contribution in [0, 0.1) is 5.92 Å². The van der Waals surface area contributed by atoms with Crippen molar-refractivity contribution in [3.8, 4) is 11.3 Å². The lowest BCUT2D eigenvalue weighted by atomic mass is 9.99. The number of halogens is 1. The first-order valence-electron chi connectivity index (χ1n) is 8.40. The molecular formula is C18H21BrN2O4S. The van der Waals surface area contributed by atoms with Gasteiger partial charge in [-0.15, -0.1) is 0 Å². The lowest BCUT2D eigenvalue weighted by molar-refractivity contribution is -0.126. The molecule has 3 rings (SSSR count). The third kappa shape index (κ3) is 4.75. The van der Waals surface area contributed by atoms with Gasteiger partial charge in [-0.2, -0.15) is 0 Å². The number of hydrogen-bond acceptors (Lipinski definition) is 4. The summed E-state index contributed by atoms with van der Waals surface area (Å²) in [4.78, 5) is 12.4. The van der Waals surface area contributed by atoms with Crippen molar-refractivity contribution in [2.45, 2.75) is 19.4 Å². The fourth-order valence-electron chi connectivity index (χ4n) is 3.02. The van der Waals surface area contributed by atoms with E-state index >= 15 is 0 Å². The van der Waals surface area contributed by atoms with Gasteiger partial charge in [-0.05, 0) is 37.1 Å². The Morgan fingerprint density at radius 2 is 2.00 bits per heavy atom. The number of nitrogens with one attached hydrogen (secondary N) is 1. The molecule has 1 fully saturated rings. The van der Waals surface area contributed by atoms with Crippen LogP contribution in [0.1, 0.15) is 18.6 Å². The summed E-state index contributed by atoms with van der Waals surface area (Å²) in [5.74, 6) is 0.939. The lowest BCUT2D eigenvalue weighted by Gasteiger charge is -2.30. The van der Waals surface area contributed by atoms with Gasteiger partial charge in [0.05, 0.1) is 18.7 Å². The Kier molecular flexibility index (Phi) is 5.84. The fourth-order valence-corrected chi connectivity index (χ4v) is 4.19. The zero-order chi connectivity index (χ0) is 18.7. The molecule has 6 nitrogen and oxygen atoms in total. The molecule has 1 amide bonds. The van der Waals surface area contributed by atoms with Crippen LogP contribution in [-0.2, 0) is 21.4 Å². The van der Waals surface area contributed by atoms with Gasteiger partial charge in [-0.1, -0.05) is 28.1 Å². The van der Waals surface area contributed by atoms with Crippen molar-refractivity contribution in [1.29, 1.82) is 0 Å². The zero-order valence-corrected chi connectivity index (χ0v) is 16.8. The van der Waals surface area contributed by atoms with E-state index in [1.54, 1.807) is 0 Å².